The van der Waals surface area contributed by atoms with Gasteiger partial charge in [-0.15, -0.1) is 0 Å². The van der Waals surface area contributed by atoms with Gasteiger partial charge in [-0.1, -0.05) is 20.8 Å². The SMILES string of the molecule is CC(C)(C)c1cc(NC(=O)c2nccnc2N)n[nH]1. The van der Waals surface area contributed by atoms with Crippen molar-refractivity contribution in [2.24, 2.45) is 0 Å². The molecule has 0 saturated carbocycles. The highest BCUT2D eigenvalue weighted by atomic mass is 16.2. The summed E-state index contributed by atoms with van der Waals surface area (Å²) in [6, 6.07) is 1.78. The summed E-state index contributed by atoms with van der Waals surface area (Å²) in [4.78, 5) is 19.7. The van der Waals surface area contributed by atoms with Gasteiger partial charge in [0.05, 0.1) is 0 Å². The molecule has 0 spiro atoms. The van der Waals surface area contributed by atoms with E-state index in [-0.39, 0.29) is 16.9 Å². The Hall–Kier alpha value is -2.44. The van der Waals surface area contributed by atoms with E-state index in [0.29, 0.717) is 5.82 Å². The fourth-order valence-electron chi connectivity index (χ4n) is 1.47. The van der Waals surface area contributed by atoms with E-state index >= 15 is 0 Å². The summed E-state index contributed by atoms with van der Waals surface area (Å²) in [6.07, 6.45) is 2.84. The third-order valence-corrected chi connectivity index (χ3v) is 2.57. The Bertz CT molecular complexity index is 598. The van der Waals surface area contributed by atoms with Gasteiger partial charge in [0.15, 0.2) is 17.3 Å². The molecule has 0 atom stereocenters. The number of amides is 1. The highest BCUT2D eigenvalue weighted by Crippen LogP contribution is 2.22. The van der Waals surface area contributed by atoms with Crippen molar-refractivity contribution in [1.29, 1.82) is 0 Å². The molecule has 2 aromatic heterocycles. The van der Waals surface area contributed by atoms with Crippen LogP contribution in [0.25, 0.3) is 0 Å². The van der Waals surface area contributed by atoms with Crippen molar-refractivity contribution >= 4 is 17.5 Å². The molecule has 0 radical (unpaired) electrons. The van der Waals surface area contributed by atoms with Crippen LogP contribution in [0.15, 0.2) is 18.5 Å². The van der Waals surface area contributed by atoms with E-state index < -0.39 is 5.91 Å². The second-order valence-electron chi connectivity index (χ2n) is 5.16. The van der Waals surface area contributed by atoms with Crippen molar-refractivity contribution in [1.82, 2.24) is 20.2 Å². The summed E-state index contributed by atoms with van der Waals surface area (Å²) in [5, 5.41) is 9.54. The maximum absolute atomic E-state index is 11.9. The molecule has 4 N–H and O–H groups in total. The molecule has 0 unspecified atom stereocenters. The minimum absolute atomic E-state index is 0.0679. The fraction of sp³-hybridized carbons (Fsp3) is 0.333. The van der Waals surface area contributed by atoms with Crippen LogP contribution in [-0.4, -0.2) is 26.1 Å². The third-order valence-electron chi connectivity index (χ3n) is 2.57. The third kappa shape index (κ3) is 2.87. The topological polar surface area (TPSA) is 110 Å². The number of hydrogen-bond donors (Lipinski definition) is 3. The lowest BCUT2D eigenvalue weighted by molar-refractivity contribution is 0.102. The number of nitrogens with zero attached hydrogens (tertiary/aromatic N) is 3. The summed E-state index contributed by atoms with van der Waals surface area (Å²) in [6.45, 7) is 6.15. The molecule has 0 fully saturated rings. The van der Waals surface area contributed by atoms with Gasteiger partial charge in [-0.2, -0.15) is 5.10 Å². The number of carbonyl (C=O) groups is 1. The van der Waals surface area contributed by atoms with Gasteiger partial charge in [-0.3, -0.25) is 9.89 Å². The minimum atomic E-state index is -0.433. The summed E-state index contributed by atoms with van der Waals surface area (Å²) < 4.78 is 0. The first-order valence-corrected chi connectivity index (χ1v) is 5.81. The Morgan fingerprint density at radius 2 is 2.00 bits per heavy atom. The van der Waals surface area contributed by atoms with Crippen LogP contribution in [0.5, 0.6) is 0 Å². The van der Waals surface area contributed by atoms with Crippen molar-refractivity contribution in [3.05, 3.63) is 29.8 Å². The van der Waals surface area contributed by atoms with Crippen molar-refractivity contribution in [2.75, 3.05) is 11.1 Å². The van der Waals surface area contributed by atoms with Gasteiger partial charge < -0.3 is 11.1 Å². The zero-order valence-corrected chi connectivity index (χ0v) is 11.1. The maximum Gasteiger partial charge on any atom is 0.279 e. The van der Waals surface area contributed by atoms with Crippen molar-refractivity contribution in [3.63, 3.8) is 0 Å². The first kappa shape index (κ1) is 13.0. The first-order valence-electron chi connectivity index (χ1n) is 5.81. The quantitative estimate of drug-likeness (QED) is 0.754. The van der Waals surface area contributed by atoms with Crippen molar-refractivity contribution in [3.8, 4) is 0 Å². The largest absolute Gasteiger partial charge is 0.382 e. The first-order chi connectivity index (χ1) is 8.88. The lowest BCUT2D eigenvalue weighted by atomic mass is 9.92. The van der Waals surface area contributed by atoms with Crippen LogP contribution in [0.1, 0.15) is 37.0 Å². The molecule has 2 heterocycles. The van der Waals surface area contributed by atoms with E-state index in [0.717, 1.165) is 5.69 Å². The number of anilines is 2. The number of nitrogens with one attached hydrogen (secondary N) is 2. The molecule has 7 heteroatoms. The van der Waals surface area contributed by atoms with Gasteiger partial charge in [0.1, 0.15) is 0 Å². The van der Waals surface area contributed by atoms with Crippen molar-refractivity contribution in [2.45, 2.75) is 26.2 Å². The molecule has 0 aromatic carbocycles. The number of H-pyrrole nitrogens is 1. The molecular formula is C12H16N6O. The van der Waals surface area contributed by atoms with Gasteiger partial charge >= 0.3 is 0 Å². The van der Waals surface area contributed by atoms with Gasteiger partial charge in [-0.25, -0.2) is 9.97 Å². The van der Waals surface area contributed by atoms with E-state index in [9.17, 15) is 4.79 Å². The maximum atomic E-state index is 11.9. The van der Waals surface area contributed by atoms with E-state index in [4.69, 9.17) is 5.73 Å². The molecule has 0 aliphatic heterocycles. The number of aromatic amines is 1. The van der Waals surface area contributed by atoms with Crippen LogP contribution in [0.3, 0.4) is 0 Å². The number of nitrogens with two attached hydrogens (primary N) is 1. The smallest absolute Gasteiger partial charge is 0.279 e. The summed E-state index contributed by atoms with van der Waals surface area (Å²) in [5.41, 5.74) is 6.53. The molecule has 100 valence electrons. The van der Waals surface area contributed by atoms with Crippen LogP contribution in [0, 0.1) is 0 Å². The van der Waals surface area contributed by atoms with Crippen LogP contribution < -0.4 is 11.1 Å². The van der Waals surface area contributed by atoms with Crippen LogP contribution >= 0.6 is 0 Å². The molecule has 0 saturated heterocycles. The number of aromatic nitrogens is 4. The van der Waals surface area contributed by atoms with E-state index in [2.05, 4.69) is 25.5 Å². The highest BCUT2D eigenvalue weighted by Gasteiger charge is 2.18. The Morgan fingerprint density at radius 1 is 1.32 bits per heavy atom. The zero-order chi connectivity index (χ0) is 14.0. The number of carbonyl (C=O) groups excluding carboxylic acids is 1. The Labute approximate surface area is 110 Å². The van der Waals surface area contributed by atoms with E-state index in [1.807, 2.05) is 20.8 Å². The lowest BCUT2D eigenvalue weighted by Gasteiger charge is -2.14. The standard InChI is InChI=1S/C12H16N6O/c1-12(2,3)7-6-8(18-17-7)16-11(19)9-10(13)15-5-4-14-9/h4-6H,1-3H3,(H2,13,15)(H2,16,17,18,19). The molecule has 1 amide bonds. The Balaban J connectivity index is 2.16. The molecule has 2 rings (SSSR count). The zero-order valence-electron chi connectivity index (χ0n) is 11.1. The normalized spacial score (nSPS) is 11.3. The predicted octanol–water partition coefficient (Wildman–Crippen LogP) is 1.33. The summed E-state index contributed by atoms with van der Waals surface area (Å²) in [7, 11) is 0. The van der Waals surface area contributed by atoms with Crippen LogP contribution in [0.4, 0.5) is 11.6 Å². The van der Waals surface area contributed by atoms with Gasteiger partial charge in [0.2, 0.25) is 0 Å². The second kappa shape index (κ2) is 4.68. The number of hydrogen-bond acceptors (Lipinski definition) is 5. The van der Waals surface area contributed by atoms with Crippen molar-refractivity contribution < 1.29 is 4.79 Å². The Kier molecular flexibility index (Phi) is 3.20. The molecular weight excluding hydrogens is 244 g/mol. The van der Waals surface area contributed by atoms with Gasteiger partial charge in [-0.05, 0) is 0 Å². The monoisotopic (exact) mass is 260 g/mol. The van der Waals surface area contributed by atoms with E-state index in [1.165, 1.54) is 12.4 Å². The Morgan fingerprint density at radius 3 is 2.58 bits per heavy atom. The average Bonchev–Trinajstić information content (AvgIpc) is 2.77. The molecule has 2 aromatic rings. The van der Waals surface area contributed by atoms with Crippen LogP contribution in [-0.2, 0) is 5.41 Å². The van der Waals surface area contributed by atoms with Crippen LogP contribution in [0.2, 0.25) is 0 Å². The van der Waals surface area contributed by atoms with E-state index in [1.54, 1.807) is 6.07 Å². The highest BCUT2D eigenvalue weighted by molar-refractivity contribution is 6.05. The predicted molar refractivity (Wildman–Crippen MR) is 71.7 cm³/mol. The average molecular weight is 260 g/mol. The minimum Gasteiger partial charge on any atom is -0.382 e. The summed E-state index contributed by atoms with van der Waals surface area (Å²) in [5.74, 6) is 0.0871. The molecule has 0 aliphatic rings. The fourth-order valence-corrected chi connectivity index (χ4v) is 1.47. The van der Waals surface area contributed by atoms with Gasteiger partial charge in [0.25, 0.3) is 5.91 Å². The summed E-state index contributed by atoms with van der Waals surface area (Å²) >= 11 is 0. The lowest BCUT2D eigenvalue weighted by Crippen LogP contribution is -2.16. The molecule has 7 nitrogen and oxygen atoms in total. The molecule has 0 aliphatic carbocycles. The number of rotatable bonds is 2. The molecule has 19 heavy (non-hydrogen) atoms. The second-order valence-corrected chi connectivity index (χ2v) is 5.16. The molecule has 0 bridgehead atoms. The van der Waals surface area contributed by atoms with Gasteiger partial charge in [0, 0.05) is 29.6 Å². The number of nitrogen functional groups attached to an aromatic ring is 1.